The Morgan fingerprint density at radius 2 is 1.43 bits per heavy atom. The predicted octanol–water partition coefficient (Wildman–Crippen LogP) is 2.61. The van der Waals surface area contributed by atoms with Gasteiger partial charge in [-0.3, -0.25) is 0 Å². The quantitative estimate of drug-likeness (QED) is 0.810. The van der Waals surface area contributed by atoms with Crippen molar-refractivity contribution in [1.82, 2.24) is 0 Å². The Bertz CT molecular complexity index is 643. The predicted molar refractivity (Wildman–Crippen MR) is 78.9 cm³/mol. The third-order valence-corrected chi connectivity index (χ3v) is 3.58. The number of hydrogen-bond acceptors (Lipinski definition) is 4. The van der Waals surface area contributed by atoms with E-state index in [-0.39, 0.29) is 24.2 Å². The molecule has 4 nitrogen and oxygen atoms in total. The van der Waals surface area contributed by atoms with E-state index in [1.54, 1.807) is 48.5 Å². The molecule has 0 spiro atoms. The fourth-order valence-corrected chi connectivity index (χ4v) is 2.48. The van der Waals surface area contributed by atoms with Crippen LogP contribution in [0.3, 0.4) is 0 Å². The van der Waals surface area contributed by atoms with Crippen LogP contribution >= 0.6 is 0 Å². The van der Waals surface area contributed by atoms with Crippen LogP contribution in [-0.2, 0) is 4.74 Å². The minimum absolute atomic E-state index is 0.110. The van der Waals surface area contributed by atoms with Crippen LogP contribution < -0.4 is 0 Å². The number of aliphatic hydroxyl groups excluding tert-OH is 1. The van der Waals surface area contributed by atoms with Crippen molar-refractivity contribution in [2.24, 2.45) is 0 Å². The molecule has 0 saturated carbocycles. The molecule has 0 fully saturated rings. The number of phenols is 2. The Hall–Kier alpha value is -2.30. The van der Waals surface area contributed by atoms with Gasteiger partial charge in [0.05, 0.1) is 6.61 Å². The number of rotatable bonds is 3. The molecular formula is C17H16O4. The minimum Gasteiger partial charge on any atom is -0.508 e. The summed E-state index contributed by atoms with van der Waals surface area (Å²) < 4.78 is 5.85. The highest BCUT2D eigenvalue weighted by Gasteiger charge is 2.28. The molecular weight excluding hydrogens is 268 g/mol. The lowest BCUT2D eigenvalue weighted by Crippen LogP contribution is -2.15. The van der Waals surface area contributed by atoms with E-state index in [1.165, 1.54) is 0 Å². The average Bonchev–Trinajstić information content (AvgIpc) is 2.93. The normalized spacial score (nSPS) is 21.3. The topological polar surface area (TPSA) is 69.9 Å². The van der Waals surface area contributed by atoms with Gasteiger partial charge in [0.15, 0.2) is 0 Å². The van der Waals surface area contributed by atoms with E-state index < -0.39 is 6.10 Å². The molecule has 3 rings (SSSR count). The first-order valence-electron chi connectivity index (χ1n) is 6.74. The summed E-state index contributed by atoms with van der Waals surface area (Å²) in [5, 5.41) is 28.2. The molecule has 2 aromatic carbocycles. The van der Waals surface area contributed by atoms with Gasteiger partial charge in [0.25, 0.3) is 0 Å². The van der Waals surface area contributed by atoms with Crippen LogP contribution in [0.5, 0.6) is 11.5 Å². The Balaban J connectivity index is 1.92. The molecule has 0 unspecified atom stereocenters. The van der Waals surface area contributed by atoms with Gasteiger partial charge in [-0.2, -0.15) is 0 Å². The van der Waals surface area contributed by atoms with Crippen molar-refractivity contribution in [2.45, 2.75) is 12.2 Å². The molecule has 0 radical (unpaired) electrons. The van der Waals surface area contributed by atoms with E-state index in [1.807, 2.05) is 6.08 Å². The zero-order valence-electron chi connectivity index (χ0n) is 11.3. The molecule has 3 N–H and O–H groups in total. The second-order valence-corrected chi connectivity index (χ2v) is 4.99. The van der Waals surface area contributed by atoms with Crippen LogP contribution in [0.25, 0.3) is 5.57 Å². The summed E-state index contributed by atoms with van der Waals surface area (Å²) in [4.78, 5) is 0. The molecule has 1 aliphatic rings. The summed E-state index contributed by atoms with van der Waals surface area (Å²) in [6.45, 7) is -0.110. The Morgan fingerprint density at radius 3 is 2.00 bits per heavy atom. The molecule has 0 amide bonds. The van der Waals surface area contributed by atoms with Gasteiger partial charge in [0.1, 0.15) is 23.7 Å². The minimum atomic E-state index is -0.395. The Morgan fingerprint density at radius 1 is 0.857 bits per heavy atom. The average molecular weight is 284 g/mol. The SMILES string of the molecule is OC[C@H]1O[C@H](c2ccc(O)cc2)C=C1c1ccc(O)cc1. The summed E-state index contributed by atoms with van der Waals surface area (Å²) in [6, 6.07) is 13.6. The lowest BCUT2D eigenvalue weighted by molar-refractivity contribution is 0.0289. The highest BCUT2D eigenvalue weighted by molar-refractivity contribution is 5.72. The summed E-state index contributed by atoms with van der Waals surface area (Å²) in [5.74, 6) is 0.409. The van der Waals surface area contributed by atoms with E-state index in [0.29, 0.717) is 0 Å². The highest BCUT2D eigenvalue weighted by Crippen LogP contribution is 2.37. The van der Waals surface area contributed by atoms with Crippen molar-refractivity contribution < 1.29 is 20.1 Å². The molecule has 0 bridgehead atoms. The fourth-order valence-electron chi connectivity index (χ4n) is 2.48. The molecule has 0 aromatic heterocycles. The van der Waals surface area contributed by atoms with Crippen molar-refractivity contribution >= 4 is 5.57 Å². The molecule has 0 aliphatic carbocycles. The van der Waals surface area contributed by atoms with Crippen LogP contribution in [-0.4, -0.2) is 28.0 Å². The lowest BCUT2D eigenvalue weighted by atomic mass is 10.00. The molecule has 0 saturated heterocycles. The number of hydrogen-bond donors (Lipinski definition) is 3. The molecule has 2 aromatic rings. The van der Waals surface area contributed by atoms with Gasteiger partial charge in [0.2, 0.25) is 0 Å². The van der Waals surface area contributed by atoms with Crippen LogP contribution in [0.15, 0.2) is 54.6 Å². The second-order valence-electron chi connectivity index (χ2n) is 4.99. The van der Waals surface area contributed by atoms with Gasteiger partial charge in [0, 0.05) is 0 Å². The number of ether oxygens (including phenoxy) is 1. The molecule has 108 valence electrons. The standard InChI is InChI=1S/C17H16O4/c18-10-17-15(11-1-5-13(19)6-2-11)9-16(21-17)12-3-7-14(20)8-4-12/h1-9,16-20H,10H2/t16-,17+/m0/s1. The first-order chi connectivity index (χ1) is 10.2. The molecule has 2 atom stereocenters. The molecule has 21 heavy (non-hydrogen) atoms. The summed E-state index contributed by atoms with van der Waals surface area (Å²) in [5.41, 5.74) is 2.73. The van der Waals surface area contributed by atoms with E-state index in [9.17, 15) is 15.3 Å². The van der Waals surface area contributed by atoms with E-state index in [0.717, 1.165) is 16.7 Å². The maximum Gasteiger partial charge on any atom is 0.115 e. The van der Waals surface area contributed by atoms with Crippen LogP contribution in [0, 0.1) is 0 Å². The van der Waals surface area contributed by atoms with Gasteiger partial charge >= 0.3 is 0 Å². The summed E-state index contributed by atoms with van der Waals surface area (Å²) in [6.07, 6.45) is 1.31. The maximum absolute atomic E-state index is 9.51. The van der Waals surface area contributed by atoms with Crippen LogP contribution in [0.4, 0.5) is 0 Å². The van der Waals surface area contributed by atoms with Crippen molar-refractivity contribution in [1.29, 1.82) is 0 Å². The second kappa shape index (κ2) is 5.60. The van der Waals surface area contributed by atoms with E-state index in [2.05, 4.69) is 0 Å². The van der Waals surface area contributed by atoms with E-state index >= 15 is 0 Å². The van der Waals surface area contributed by atoms with E-state index in [4.69, 9.17) is 4.74 Å². The fraction of sp³-hybridized carbons (Fsp3) is 0.176. The third kappa shape index (κ3) is 2.77. The zero-order valence-corrected chi connectivity index (χ0v) is 11.3. The molecule has 1 heterocycles. The van der Waals surface area contributed by atoms with Crippen LogP contribution in [0.1, 0.15) is 17.2 Å². The van der Waals surface area contributed by atoms with Crippen molar-refractivity contribution in [2.75, 3.05) is 6.61 Å². The van der Waals surface area contributed by atoms with Crippen molar-refractivity contribution in [3.63, 3.8) is 0 Å². The van der Waals surface area contributed by atoms with Gasteiger partial charge in [-0.1, -0.05) is 24.3 Å². The van der Waals surface area contributed by atoms with Gasteiger partial charge in [-0.15, -0.1) is 0 Å². The Kier molecular flexibility index (Phi) is 3.64. The summed E-state index contributed by atoms with van der Waals surface area (Å²) >= 11 is 0. The van der Waals surface area contributed by atoms with Gasteiger partial charge < -0.3 is 20.1 Å². The smallest absolute Gasteiger partial charge is 0.115 e. The highest BCUT2D eigenvalue weighted by atomic mass is 16.5. The third-order valence-electron chi connectivity index (χ3n) is 3.58. The zero-order chi connectivity index (χ0) is 14.8. The van der Waals surface area contributed by atoms with Crippen molar-refractivity contribution in [3.8, 4) is 11.5 Å². The number of aliphatic hydroxyl groups is 1. The lowest BCUT2D eigenvalue weighted by Gasteiger charge is -2.15. The number of phenolic OH excluding ortho intramolecular Hbond substituents is 2. The number of benzene rings is 2. The molecule has 1 aliphatic heterocycles. The van der Waals surface area contributed by atoms with Crippen molar-refractivity contribution in [3.05, 3.63) is 65.7 Å². The van der Waals surface area contributed by atoms with Gasteiger partial charge in [-0.25, -0.2) is 0 Å². The van der Waals surface area contributed by atoms with Gasteiger partial charge in [-0.05, 0) is 47.0 Å². The first kappa shape index (κ1) is 13.7. The molecule has 4 heteroatoms. The first-order valence-corrected chi connectivity index (χ1v) is 6.74. The largest absolute Gasteiger partial charge is 0.508 e. The monoisotopic (exact) mass is 284 g/mol. The summed E-state index contributed by atoms with van der Waals surface area (Å²) in [7, 11) is 0. The Labute approximate surface area is 122 Å². The van der Waals surface area contributed by atoms with Crippen LogP contribution in [0.2, 0.25) is 0 Å². The number of aromatic hydroxyl groups is 2. The maximum atomic E-state index is 9.51.